The lowest BCUT2D eigenvalue weighted by Crippen LogP contribution is -2.22. The van der Waals surface area contributed by atoms with Gasteiger partial charge in [-0.3, -0.25) is 10.0 Å². The average molecular weight is 319 g/mol. The van der Waals surface area contributed by atoms with E-state index in [9.17, 15) is 4.79 Å². The Balaban J connectivity index is 2.06. The summed E-state index contributed by atoms with van der Waals surface area (Å²) in [5.74, 6) is -0.365. The zero-order chi connectivity index (χ0) is 16.9. The van der Waals surface area contributed by atoms with E-state index in [4.69, 9.17) is 5.21 Å². The van der Waals surface area contributed by atoms with E-state index < -0.39 is 0 Å². The molecule has 0 fully saturated rings. The number of hydrogen-bond acceptors (Lipinski definition) is 2. The molecule has 1 aromatic rings. The molecular formula is C20H33NO2. The summed E-state index contributed by atoms with van der Waals surface area (Å²) >= 11 is 0. The molecule has 1 aromatic carbocycles. The van der Waals surface area contributed by atoms with Crippen LogP contribution in [0.4, 0.5) is 0 Å². The highest BCUT2D eigenvalue weighted by atomic mass is 16.5. The average Bonchev–Trinajstić information content (AvgIpc) is 2.56. The van der Waals surface area contributed by atoms with Gasteiger partial charge in [-0.25, -0.2) is 5.06 Å². The molecule has 1 N–H and O–H groups in total. The van der Waals surface area contributed by atoms with Crippen LogP contribution in [-0.2, 0) is 6.42 Å². The molecule has 130 valence electrons. The van der Waals surface area contributed by atoms with Crippen LogP contribution in [0.3, 0.4) is 0 Å². The topological polar surface area (TPSA) is 40.5 Å². The van der Waals surface area contributed by atoms with Crippen molar-refractivity contribution in [3.8, 4) is 0 Å². The molecule has 3 nitrogen and oxygen atoms in total. The van der Waals surface area contributed by atoms with E-state index in [1.807, 2.05) is 12.1 Å². The molecule has 0 aliphatic heterocycles. The summed E-state index contributed by atoms with van der Waals surface area (Å²) in [4.78, 5) is 11.6. The molecule has 0 bridgehead atoms. The van der Waals surface area contributed by atoms with Gasteiger partial charge < -0.3 is 0 Å². The van der Waals surface area contributed by atoms with Gasteiger partial charge in [-0.2, -0.15) is 0 Å². The number of amides is 1. The Bertz CT molecular complexity index is 426. The van der Waals surface area contributed by atoms with Crippen LogP contribution in [0.2, 0.25) is 0 Å². The van der Waals surface area contributed by atoms with E-state index in [0.717, 1.165) is 6.42 Å². The quantitative estimate of drug-likeness (QED) is 0.309. The van der Waals surface area contributed by atoms with Gasteiger partial charge >= 0.3 is 0 Å². The SMILES string of the molecule is CCCCCCCCCCCCc1ccc(C(=O)N(C)O)cc1. The lowest BCUT2D eigenvalue weighted by Gasteiger charge is -2.08. The van der Waals surface area contributed by atoms with Crippen LogP contribution in [0.5, 0.6) is 0 Å². The minimum absolute atomic E-state index is 0.365. The van der Waals surface area contributed by atoms with Crippen molar-refractivity contribution in [1.29, 1.82) is 0 Å². The number of hydroxylamine groups is 2. The number of aryl methyl sites for hydroxylation is 1. The highest BCUT2D eigenvalue weighted by Crippen LogP contribution is 2.13. The third kappa shape index (κ3) is 8.75. The maximum absolute atomic E-state index is 11.6. The second kappa shape index (κ2) is 12.1. The number of carbonyl (C=O) groups is 1. The summed E-state index contributed by atoms with van der Waals surface area (Å²) in [5, 5.41) is 9.75. The smallest absolute Gasteiger partial charge is 0.276 e. The molecule has 23 heavy (non-hydrogen) atoms. The van der Waals surface area contributed by atoms with Gasteiger partial charge in [0.1, 0.15) is 0 Å². The molecule has 0 unspecified atom stereocenters. The van der Waals surface area contributed by atoms with Crippen molar-refractivity contribution in [1.82, 2.24) is 5.06 Å². The first kappa shape index (κ1) is 19.7. The highest BCUT2D eigenvalue weighted by Gasteiger charge is 2.08. The van der Waals surface area contributed by atoms with E-state index in [2.05, 4.69) is 6.92 Å². The van der Waals surface area contributed by atoms with Gasteiger partial charge in [0, 0.05) is 12.6 Å². The lowest BCUT2D eigenvalue weighted by molar-refractivity contribution is -0.0374. The van der Waals surface area contributed by atoms with E-state index >= 15 is 0 Å². The van der Waals surface area contributed by atoms with Crippen LogP contribution in [0.15, 0.2) is 24.3 Å². The molecule has 0 saturated carbocycles. The minimum Gasteiger partial charge on any atom is -0.286 e. The molecule has 0 radical (unpaired) electrons. The Labute approximate surface area is 141 Å². The zero-order valence-corrected chi connectivity index (χ0v) is 14.9. The predicted molar refractivity (Wildman–Crippen MR) is 95.9 cm³/mol. The van der Waals surface area contributed by atoms with Gasteiger partial charge in [0.25, 0.3) is 5.91 Å². The number of rotatable bonds is 12. The van der Waals surface area contributed by atoms with Gasteiger partial charge in [-0.15, -0.1) is 0 Å². The Morgan fingerprint density at radius 3 is 1.83 bits per heavy atom. The second-order valence-electron chi connectivity index (χ2n) is 6.46. The number of benzene rings is 1. The van der Waals surface area contributed by atoms with Crippen molar-refractivity contribution >= 4 is 5.91 Å². The Hall–Kier alpha value is -1.35. The summed E-state index contributed by atoms with van der Waals surface area (Å²) in [6, 6.07) is 7.57. The number of unbranched alkanes of at least 4 members (excludes halogenated alkanes) is 9. The highest BCUT2D eigenvalue weighted by molar-refractivity contribution is 5.93. The summed E-state index contributed by atoms with van der Waals surface area (Å²) in [6.07, 6.45) is 14.6. The maximum atomic E-state index is 11.6. The van der Waals surface area contributed by atoms with Crippen LogP contribution in [-0.4, -0.2) is 23.2 Å². The monoisotopic (exact) mass is 319 g/mol. The fraction of sp³-hybridized carbons (Fsp3) is 0.650. The molecule has 0 aromatic heterocycles. The van der Waals surface area contributed by atoms with Crippen molar-refractivity contribution < 1.29 is 10.0 Å². The van der Waals surface area contributed by atoms with Crippen LogP contribution in [0.25, 0.3) is 0 Å². The molecule has 0 saturated heterocycles. The van der Waals surface area contributed by atoms with Crippen molar-refractivity contribution in [2.24, 2.45) is 0 Å². The molecule has 0 atom stereocenters. The maximum Gasteiger partial charge on any atom is 0.276 e. The first-order valence-electron chi connectivity index (χ1n) is 9.21. The fourth-order valence-electron chi connectivity index (χ4n) is 2.82. The van der Waals surface area contributed by atoms with E-state index in [-0.39, 0.29) is 5.91 Å². The number of nitrogens with zero attached hydrogens (tertiary/aromatic N) is 1. The molecule has 0 aliphatic carbocycles. The molecule has 3 heteroatoms. The van der Waals surface area contributed by atoms with Crippen LogP contribution in [0, 0.1) is 0 Å². The van der Waals surface area contributed by atoms with Crippen LogP contribution >= 0.6 is 0 Å². The van der Waals surface area contributed by atoms with E-state index in [1.165, 1.54) is 76.8 Å². The van der Waals surface area contributed by atoms with Crippen molar-refractivity contribution in [2.75, 3.05) is 7.05 Å². The van der Waals surface area contributed by atoms with Crippen molar-refractivity contribution in [3.63, 3.8) is 0 Å². The van der Waals surface area contributed by atoms with Crippen LogP contribution in [0.1, 0.15) is 87.1 Å². The minimum atomic E-state index is -0.365. The van der Waals surface area contributed by atoms with Gasteiger partial charge in [-0.1, -0.05) is 76.8 Å². The van der Waals surface area contributed by atoms with E-state index in [0.29, 0.717) is 10.6 Å². The molecule has 1 amide bonds. The van der Waals surface area contributed by atoms with Crippen molar-refractivity contribution in [2.45, 2.75) is 77.6 Å². The third-order valence-electron chi connectivity index (χ3n) is 4.31. The largest absolute Gasteiger partial charge is 0.286 e. The second-order valence-corrected chi connectivity index (χ2v) is 6.46. The van der Waals surface area contributed by atoms with Crippen LogP contribution < -0.4 is 0 Å². The normalized spacial score (nSPS) is 10.7. The molecule has 0 aliphatic rings. The standard InChI is InChI=1S/C20H33NO2/c1-3-4-5-6-7-8-9-10-11-12-13-18-14-16-19(17-15-18)20(22)21(2)23/h14-17,23H,3-13H2,1-2H3. The summed E-state index contributed by atoms with van der Waals surface area (Å²) in [6.45, 7) is 2.26. The first-order valence-corrected chi connectivity index (χ1v) is 9.21. The molecule has 1 rings (SSSR count). The fourth-order valence-corrected chi connectivity index (χ4v) is 2.82. The molecule has 0 spiro atoms. The Morgan fingerprint density at radius 2 is 1.35 bits per heavy atom. The Morgan fingerprint density at radius 1 is 0.870 bits per heavy atom. The number of hydrogen-bond donors (Lipinski definition) is 1. The summed E-state index contributed by atoms with van der Waals surface area (Å²) in [5.41, 5.74) is 1.79. The Kier molecular flexibility index (Phi) is 10.4. The summed E-state index contributed by atoms with van der Waals surface area (Å²) in [7, 11) is 1.35. The van der Waals surface area contributed by atoms with Crippen molar-refractivity contribution in [3.05, 3.63) is 35.4 Å². The molecule has 0 heterocycles. The number of carbonyl (C=O) groups excluding carboxylic acids is 1. The first-order chi connectivity index (χ1) is 11.1. The van der Waals surface area contributed by atoms with Gasteiger partial charge in [0.2, 0.25) is 0 Å². The zero-order valence-electron chi connectivity index (χ0n) is 14.9. The molecular weight excluding hydrogens is 286 g/mol. The van der Waals surface area contributed by atoms with Gasteiger partial charge in [-0.05, 0) is 30.5 Å². The lowest BCUT2D eigenvalue weighted by atomic mass is 10.0. The third-order valence-corrected chi connectivity index (χ3v) is 4.31. The summed E-state index contributed by atoms with van der Waals surface area (Å²) < 4.78 is 0. The van der Waals surface area contributed by atoms with E-state index in [1.54, 1.807) is 12.1 Å². The predicted octanol–water partition coefficient (Wildman–Crippen LogP) is 5.61. The van der Waals surface area contributed by atoms with Gasteiger partial charge in [0.05, 0.1) is 0 Å². The van der Waals surface area contributed by atoms with Gasteiger partial charge in [0.15, 0.2) is 0 Å².